The summed E-state index contributed by atoms with van der Waals surface area (Å²) in [4.78, 5) is 2.49. The Hall–Kier alpha value is -1.02. The summed E-state index contributed by atoms with van der Waals surface area (Å²) in [7, 11) is 0. The van der Waals surface area contributed by atoms with Gasteiger partial charge in [0.1, 0.15) is 0 Å². The highest BCUT2D eigenvalue weighted by atomic mass is 15.1. The molecule has 0 amide bonds. The number of anilines is 1. The van der Waals surface area contributed by atoms with Gasteiger partial charge in [-0.1, -0.05) is 31.5 Å². The fourth-order valence-electron chi connectivity index (χ4n) is 2.57. The molecular formula is C14H22N2. The second-order valence-electron chi connectivity index (χ2n) is 4.67. The zero-order valence-electron chi connectivity index (χ0n) is 10.2. The summed E-state index contributed by atoms with van der Waals surface area (Å²) in [5.41, 5.74) is 8.41. The van der Waals surface area contributed by atoms with E-state index in [1.165, 1.54) is 43.6 Å². The molecule has 1 saturated heterocycles. The van der Waals surface area contributed by atoms with Crippen molar-refractivity contribution in [2.24, 2.45) is 11.7 Å². The third-order valence-electron chi connectivity index (χ3n) is 3.74. The summed E-state index contributed by atoms with van der Waals surface area (Å²) in [5.74, 6) is 0.932. The summed E-state index contributed by atoms with van der Waals surface area (Å²) in [6, 6.07) is 8.53. The second-order valence-corrected chi connectivity index (χ2v) is 4.67. The lowest BCUT2D eigenvalue weighted by atomic mass is 9.94. The summed E-state index contributed by atoms with van der Waals surface area (Å²) in [6.07, 6.45) is 3.98. The first kappa shape index (κ1) is 11.5. The molecule has 2 N–H and O–H groups in total. The molecule has 0 aliphatic carbocycles. The first-order valence-corrected chi connectivity index (χ1v) is 6.38. The summed E-state index contributed by atoms with van der Waals surface area (Å²) >= 11 is 0. The number of hydrogen-bond acceptors (Lipinski definition) is 2. The van der Waals surface area contributed by atoms with Crippen LogP contribution in [0.2, 0.25) is 0 Å². The maximum Gasteiger partial charge on any atom is 0.0411 e. The normalized spacial score (nSPS) is 17.8. The highest BCUT2D eigenvalue weighted by Crippen LogP contribution is 2.27. The third-order valence-corrected chi connectivity index (χ3v) is 3.74. The number of nitrogens with two attached hydrogens (primary N) is 1. The van der Waals surface area contributed by atoms with E-state index in [0.717, 1.165) is 5.92 Å². The Morgan fingerprint density at radius 3 is 2.56 bits per heavy atom. The number of nitrogens with zero attached hydrogens (tertiary/aromatic N) is 1. The summed E-state index contributed by atoms with van der Waals surface area (Å²) < 4.78 is 0. The van der Waals surface area contributed by atoms with Crippen molar-refractivity contribution in [3.8, 4) is 0 Å². The molecule has 1 heterocycles. The molecule has 1 aliphatic rings. The van der Waals surface area contributed by atoms with Crippen molar-refractivity contribution in [2.75, 3.05) is 18.0 Å². The van der Waals surface area contributed by atoms with Crippen molar-refractivity contribution < 1.29 is 0 Å². The van der Waals surface area contributed by atoms with Crippen molar-refractivity contribution in [3.63, 3.8) is 0 Å². The van der Waals surface area contributed by atoms with Crippen molar-refractivity contribution in [1.29, 1.82) is 0 Å². The minimum Gasteiger partial charge on any atom is -0.371 e. The van der Waals surface area contributed by atoms with E-state index in [1.807, 2.05) is 0 Å². The molecule has 16 heavy (non-hydrogen) atoms. The lowest BCUT2D eigenvalue weighted by Gasteiger charge is -2.34. The second kappa shape index (κ2) is 5.35. The van der Waals surface area contributed by atoms with Crippen LogP contribution < -0.4 is 10.6 Å². The van der Waals surface area contributed by atoms with Crippen LogP contribution in [0.1, 0.15) is 31.7 Å². The Labute approximate surface area is 98.4 Å². The molecule has 88 valence electrons. The average molecular weight is 218 g/mol. The lowest BCUT2D eigenvalue weighted by Crippen LogP contribution is -2.34. The van der Waals surface area contributed by atoms with Gasteiger partial charge in [0.2, 0.25) is 0 Å². The van der Waals surface area contributed by atoms with E-state index in [9.17, 15) is 0 Å². The van der Waals surface area contributed by atoms with Gasteiger partial charge < -0.3 is 10.6 Å². The lowest BCUT2D eigenvalue weighted by molar-refractivity contribution is 0.395. The van der Waals surface area contributed by atoms with Gasteiger partial charge in [-0.25, -0.2) is 0 Å². The zero-order valence-corrected chi connectivity index (χ0v) is 10.2. The monoisotopic (exact) mass is 218 g/mol. The molecule has 0 bridgehead atoms. The quantitative estimate of drug-likeness (QED) is 0.845. The standard InChI is InChI=1S/C14H22N2/c1-2-12-7-9-16(10-8-12)14-6-4-3-5-13(14)11-15/h3-6,12H,2,7-11,15H2,1H3. The molecule has 2 nitrogen and oxygen atoms in total. The van der Waals surface area contributed by atoms with Crippen LogP contribution in [0.25, 0.3) is 0 Å². The molecule has 1 aromatic rings. The molecule has 2 rings (SSSR count). The number of rotatable bonds is 3. The van der Waals surface area contributed by atoms with Crippen molar-refractivity contribution in [2.45, 2.75) is 32.7 Å². The third kappa shape index (κ3) is 2.38. The first-order chi connectivity index (χ1) is 7.85. The van der Waals surface area contributed by atoms with Gasteiger partial charge >= 0.3 is 0 Å². The first-order valence-electron chi connectivity index (χ1n) is 6.38. The van der Waals surface area contributed by atoms with Crippen LogP contribution in [-0.2, 0) is 6.54 Å². The van der Waals surface area contributed by atoms with Crippen molar-refractivity contribution >= 4 is 5.69 Å². The van der Waals surface area contributed by atoms with E-state index in [0.29, 0.717) is 6.54 Å². The van der Waals surface area contributed by atoms with Gasteiger partial charge in [0.25, 0.3) is 0 Å². The molecule has 0 atom stereocenters. The number of para-hydroxylation sites is 1. The Morgan fingerprint density at radius 1 is 1.25 bits per heavy atom. The van der Waals surface area contributed by atoms with Gasteiger partial charge in [0.15, 0.2) is 0 Å². The molecule has 0 saturated carbocycles. The topological polar surface area (TPSA) is 29.3 Å². The van der Waals surface area contributed by atoms with Gasteiger partial charge in [-0.3, -0.25) is 0 Å². The molecule has 0 aromatic heterocycles. The van der Waals surface area contributed by atoms with Gasteiger partial charge in [0.05, 0.1) is 0 Å². The molecule has 0 radical (unpaired) electrons. The van der Waals surface area contributed by atoms with E-state index in [1.54, 1.807) is 0 Å². The van der Waals surface area contributed by atoms with E-state index in [2.05, 4.69) is 36.1 Å². The minimum atomic E-state index is 0.643. The molecule has 1 aliphatic heterocycles. The van der Waals surface area contributed by atoms with Crippen LogP contribution in [0, 0.1) is 5.92 Å². The van der Waals surface area contributed by atoms with E-state index in [4.69, 9.17) is 5.73 Å². The number of hydrogen-bond donors (Lipinski definition) is 1. The van der Waals surface area contributed by atoms with Crippen LogP contribution in [0.5, 0.6) is 0 Å². The Bertz CT molecular complexity index is 327. The Kier molecular flexibility index (Phi) is 3.83. The molecule has 1 fully saturated rings. The van der Waals surface area contributed by atoms with E-state index >= 15 is 0 Å². The number of benzene rings is 1. The van der Waals surface area contributed by atoms with Crippen molar-refractivity contribution in [3.05, 3.63) is 29.8 Å². The van der Waals surface area contributed by atoms with Crippen LogP contribution in [0.15, 0.2) is 24.3 Å². The molecule has 0 unspecified atom stereocenters. The van der Waals surface area contributed by atoms with Gasteiger partial charge in [-0.15, -0.1) is 0 Å². The van der Waals surface area contributed by atoms with Crippen LogP contribution >= 0.6 is 0 Å². The highest BCUT2D eigenvalue weighted by Gasteiger charge is 2.19. The van der Waals surface area contributed by atoms with Crippen LogP contribution in [0.4, 0.5) is 5.69 Å². The van der Waals surface area contributed by atoms with Gasteiger partial charge in [-0.05, 0) is 30.4 Å². The average Bonchev–Trinajstić information content (AvgIpc) is 2.39. The zero-order chi connectivity index (χ0) is 11.4. The SMILES string of the molecule is CCC1CCN(c2ccccc2CN)CC1. The van der Waals surface area contributed by atoms with Gasteiger partial charge in [0, 0.05) is 25.3 Å². The Balaban J connectivity index is 2.07. The van der Waals surface area contributed by atoms with Crippen LogP contribution in [0.3, 0.4) is 0 Å². The van der Waals surface area contributed by atoms with Crippen molar-refractivity contribution in [1.82, 2.24) is 0 Å². The Morgan fingerprint density at radius 2 is 1.94 bits per heavy atom. The highest BCUT2D eigenvalue weighted by molar-refractivity contribution is 5.53. The maximum atomic E-state index is 5.78. The largest absolute Gasteiger partial charge is 0.371 e. The fourth-order valence-corrected chi connectivity index (χ4v) is 2.57. The molecular weight excluding hydrogens is 196 g/mol. The predicted molar refractivity (Wildman–Crippen MR) is 69.6 cm³/mol. The predicted octanol–water partition coefficient (Wildman–Crippen LogP) is 2.77. The maximum absolute atomic E-state index is 5.78. The summed E-state index contributed by atoms with van der Waals surface area (Å²) in [6.45, 7) is 5.32. The van der Waals surface area contributed by atoms with Gasteiger partial charge in [-0.2, -0.15) is 0 Å². The summed E-state index contributed by atoms with van der Waals surface area (Å²) in [5, 5.41) is 0. The molecule has 0 spiro atoms. The minimum absolute atomic E-state index is 0.643. The number of piperidine rings is 1. The van der Waals surface area contributed by atoms with E-state index in [-0.39, 0.29) is 0 Å². The molecule has 2 heteroatoms. The van der Waals surface area contributed by atoms with E-state index < -0.39 is 0 Å². The van der Waals surface area contributed by atoms with Crippen LogP contribution in [-0.4, -0.2) is 13.1 Å². The smallest absolute Gasteiger partial charge is 0.0411 e. The fraction of sp³-hybridized carbons (Fsp3) is 0.571. The molecule has 1 aromatic carbocycles.